The average molecular weight is 346 g/mol. The Balaban J connectivity index is 1.77. The van der Waals surface area contributed by atoms with E-state index in [0.717, 1.165) is 24.5 Å². The first-order chi connectivity index (χ1) is 12.3. The van der Waals surface area contributed by atoms with Crippen LogP contribution in [-0.2, 0) is 11.3 Å². The van der Waals surface area contributed by atoms with Crippen molar-refractivity contribution in [3.05, 3.63) is 35.5 Å². The topological polar surface area (TPSA) is 67.8 Å². The van der Waals surface area contributed by atoms with Crippen LogP contribution in [0.15, 0.2) is 35.0 Å². The van der Waals surface area contributed by atoms with Crippen LogP contribution in [0.25, 0.3) is 0 Å². The molecule has 0 radical (unpaired) electrons. The van der Waals surface area contributed by atoms with E-state index < -0.39 is 0 Å². The summed E-state index contributed by atoms with van der Waals surface area (Å²) in [5, 5.41) is 6.70. The molecule has 1 aromatic heterocycles. The average Bonchev–Trinajstić information content (AvgIpc) is 2.66. The second kappa shape index (κ2) is 11.5. The second-order valence-corrected chi connectivity index (χ2v) is 6.02. The van der Waals surface area contributed by atoms with E-state index >= 15 is 0 Å². The van der Waals surface area contributed by atoms with Crippen LogP contribution in [0, 0.1) is 0 Å². The molecule has 6 nitrogen and oxygen atoms in total. The molecule has 0 amide bonds. The molecule has 0 bridgehead atoms. The largest absolute Gasteiger partial charge is 0.475 e. The Morgan fingerprint density at radius 2 is 2.20 bits per heavy atom. The van der Waals surface area contributed by atoms with Gasteiger partial charge in [0, 0.05) is 39.0 Å². The molecule has 0 aliphatic heterocycles. The number of hydrogen-bond donors (Lipinski definition) is 2. The van der Waals surface area contributed by atoms with E-state index in [1.807, 2.05) is 12.1 Å². The first-order valence-corrected chi connectivity index (χ1v) is 9.01. The van der Waals surface area contributed by atoms with Gasteiger partial charge in [0.05, 0.1) is 6.61 Å². The summed E-state index contributed by atoms with van der Waals surface area (Å²) in [6.45, 7) is 2.54. The lowest BCUT2D eigenvalue weighted by atomic mass is 9.97. The van der Waals surface area contributed by atoms with E-state index in [2.05, 4.69) is 26.7 Å². The summed E-state index contributed by atoms with van der Waals surface area (Å²) in [6, 6.07) is 3.91. The molecular weight excluding hydrogens is 316 g/mol. The van der Waals surface area contributed by atoms with Crippen LogP contribution in [0.3, 0.4) is 0 Å². The second-order valence-electron chi connectivity index (χ2n) is 6.02. The lowest BCUT2D eigenvalue weighted by Gasteiger charge is -2.16. The Kier molecular flexibility index (Phi) is 8.83. The molecule has 0 saturated heterocycles. The van der Waals surface area contributed by atoms with Crippen molar-refractivity contribution in [1.82, 2.24) is 15.6 Å². The molecule has 2 rings (SSSR count). The lowest BCUT2D eigenvalue weighted by Crippen LogP contribution is -2.37. The zero-order valence-corrected chi connectivity index (χ0v) is 15.4. The maximum Gasteiger partial charge on any atom is 0.218 e. The minimum Gasteiger partial charge on any atom is -0.475 e. The van der Waals surface area contributed by atoms with Gasteiger partial charge in [-0.25, -0.2) is 4.98 Å². The minimum absolute atomic E-state index is 0.489. The lowest BCUT2D eigenvalue weighted by molar-refractivity contribution is 0.143. The van der Waals surface area contributed by atoms with Gasteiger partial charge in [-0.3, -0.25) is 4.99 Å². The number of guanidine groups is 1. The predicted molar refractivity (Wildman–Crippen MR) is 101 cm³/mol. The van der Waals surface area contributed by atoms with E-state index in [1.165, 1.54) is 25.7 Å². The number of nitrogens with one attached hydrogen (secondary N) is 2. The van der Waals surface area contributed by atoms with Crippen molar-refractivity contribution < 1.29 is 9.47 Å². The molecule has 138 valence electrons. The van der Waals surface area contributed by atoms with Gasteiger partial charge in [-0.2, -0.15) is 0 Å². The van der Waals surface area contributed by atoms with Crippen LogP contribution in [0.2, 0.25) is 0 Å². The molecule has 25 heavy (non-hydrogen) atoms. The number of rotatable bonds is 9. The number of allylic oxidation sites excluding steroid dienone is 1. The van der Waals surface area contributed by atoms with Gasteiger partial charge in [-0.15, -0.1) is 0 Å². The smallest absolute Gasteiger partial charge is 0.218 e. The Morgan fingerprint density at radius 3 is 2.96 bits per heavy atom. The van der Waals surface area contributed by atoms with Crippen LogP contribution in [-0.4, -0.2) is 44.9 Å². The Hall–Kier alpha value is -2.08. The Bertz CT molecular complexity index is 572. The van der Waals surface area contributed by atoms with Crippen molar-refractivity contribution >= 4 is 5.96 Å². The van der Waals surface area contributed by atoms with E-state index in [9.17, 15) is 0 Å². The Labute approximate surface area is 150 Å². The van der Waals surface area contributed by atoms with Gasteiger partial charge in [0.25, 0.3) is 0 Å². The normalized spacial score (nSPS) is 14.8. The van der Waals surface area contributed by atoms with Gasteiger partial charge in [0.15, 0.2) is 5.96 Å². The third kappa shape index (κ3) is 7.13. The highest BCUT2D eigenvalue weighted by Crippen LogP contribution is 2.19. The number of aromatic nitrogens is 1. The molecule has 2 N–H and O–H groups in total. The highest BCUT2D eigenvalue weighted by molar-refractivity contribution is 5.79. The van der Waals surface area contributed by atoms with Gasteiger partial charge in [-0.05, 0) is 38.2 Å². The maximum absolute atomic E-state index is 5.66. The van der Waals surface area contributed by atoms with E-state index in [0.29, 0.717) is 25.6 Å². The predicted octanol–water partition coefficient (Wildman–Crippen LogP) is 2.66. The monoisotopic (exact) mass is 346 g/mol. The van der Waals surface area contributed by atoms with Gasteiger partial charge < -0.3 is 20.1 Å². The fourth-order valence-electron chi connectivity index (χ4n) is 2.78. The van der Waals surface area contributed by atoms with Gasteiger partial charge in [0.1, 0.15) is 6.61 Å². The highest BCUT2D eigenvalue weighted by Gasteiger charge is 2.07. The van der Waals surface area contributed by atoms with Crippen LogP contribution < -0.4 is 15.4 Å². The molecule has 1 aromatic rings. The van der Waals surface area contributed by atoms with Crippen molar-refractivity contribution in [2.24, 2.45) is 4.99 Å². The summed E-state index contributed by atoms with van der Waals surface area (Å²) in [6.07, 6.45) is 10.3. The minimum atomic E-state index is 0.489. The number of ether oxygens (including phenoxy) is 2. The third-order valence-corrected chi connectivity index (χ3v) is 4.17. The van der Waals surface area contributed by atoms with Gasteiger partial charge in [-0.1, -0.05) is 17.7 Å². The number of hydrogen-bond acceptors (Lipinski definition) is 4. The first-order valence-electron chi connectivity index (χ1n) is 9.01. The quantitative estimate of drug-likeness (QED) is 0.311. The fraction of sp³-hybridized carbons (Fsp3) is 0.579. The molecule has 1 aliphatic carbocycles. The van der Waals surface area contributed by atoms with Crippen molar-refractivity contribution in [3.8, 4) is 5.88 Å². The standard InChI is InChI=1S/C19H30N4O2/c1-20-19(22-12-10-16-7-4-3-5-8-16)23-15-17-9-6-11-21-18(17)25-14-13-24-2/h6-7,9,11H,3-5,8,10,12-15H2,1-2H3,(H2,20,22,23). The zero-order valence-electron chi connectivity index (χ0n) is 15.4. The first kappa shape index (κ1) is 19.2. The van der Waals surface area contributed by atoms with Crippen LogP contribution in [0.5, 0.6) is 5.88 Å². The molecule has 1 heterocycles. The number of pyridine rings is 1. The molecule has 0 spiro atoms. The molecule has 6 heteroatoms. The van der Waals surface area contributed by atoms with Crippen LogP contribution in [0.4, 0.5) is 0 Å². The highest BCUT2D eigenvalue weighted by atomic mass is 16.5. The van der Waals surface area contributed by atoms with Crippen molar-refractivity contribution in [1.29, 1.82) is 0 Å². The molecular formula is C19H30N4O2. The van der Waals surface area contributed by atoms with Crippen molar-refractivity contribution in [2.45, 2.75) is 38.6 Å². The summed E-state index contributed by atoms with van der Waals surface area (Å²) >= 11 is 0. The summed E-state index contributed by atoms with van der Waals surface area (Å²) < 4.78 is 10.7. The molecule has 0 unspecified atom stereocenters. The zero-order chi connectivity index (χ0) is 17.7. The fourth-order valence-corrected chi connectivity index (χ4v) is 2.78. The maximum atomic E-state index is 5.66. The van der Waals surface area contributed by atoms with E-state index in [4.69, 9.17) is 9.47 Å². The third-order valence-electron chi connectivity index (χ3n) is 4.17. The summed E-state index contributed by atoms with van der Waals surface area (Å²) in [4.78, 5) is 8.58. The Morgan fingerprint density at radius 1 is 1.28 bits per heavy atom. The van der Waals surface area contributed by atoms with Crippen molar-refractivity contribution in [3.63, 3.8) is 0 Å². The van der Waals surface area contributed by atoms with Gasteiger partial charge >= 0.3 is 0 Å². The summed E-state index contributed by atoms with van der Waals surface area (Å²) in [5.41, 5.74) is 2.56. The molecule has 0 aromatic carbocycles. The molecule has 0 saturated carbocycles. The van der Waals surface area contributed by atoms with E-state index in [1.54, 1.807) is 25.9 Å². The molecule has 0 atom stereocenters. The summed E-state index contributed by atoms with van der Waals surface area (Å²) in [5.74, 6) is 1.43. The number of nitrogens with zero attached hydrogens (tertiary/aromatic N) is 2. The molecule has 0 fully saturated rings. The SMILES string of the molecule is CN=C(NCCC1=CCCCC1)NCc1cccnc1OCCOC. The molecule has 1 aliphatic rings. The summed E-state index contributed by atoms with van der Waals surface area (Å²) in [7, 11) is 3.44. The number of methoxy groups -OCH3 is 1. The van der Waals surface area contributed by atoms with Crippen molar-refractivity contribution in [2.75, 3.05) is 33.9 Å². The van der Waals surface area contributed by atoms with Gasteiger partial charge in [0.2, 0.25) is 5.88 Å². The van der Waals surface area contributed by atoms with E-state index in [-0.39, 0.29) is 0 Å². The number of aliphatic imine (C=N–C) groups is 1. The van der Waals surface area contributed by atoms with Crippen LogP contribution in [0.1, 0.15) is 37.7 Å². The van der Waals surface area contributed by atoms with Crippen LogP contribution >= 0.6 is 0 Å².